The quantitative estimate of drug-likeness (QED) is 0.936. The highest BCUT2D eigenvalue weighted by molar-refractivity contribution is 5.98. The topological polar surface area (TPSA) is 73.2 Å². The van der Waals surface area contributed by atoms with Crippen molar-refractivity contribution in [3.63, 3.8) is 0 Å². The zero-order valence-corrected chi connectivity index (χ0v) is 13.1. The summed E-state index contributed by atoms with van der Waals surface area (Å²) in [6, 6.07) is 17.7. The Bertz CT molecular complexity index is 779. The van der Waals surface area contributed by atoms with E-state index in [9.17, 15) is 9.59 Å². The molecular formula is C19H17N3O2. The van der Waals surface area contributed by atoms with Gasteiger partial charge < -0.3 is 10.2 Å². The lowest BCUT2D eigenvalue weighted by molar-refractivity contribution is -0.127. The summed E-state index contributed by atoms with van der Waals surface area (Å²) in [5.41, 5.74) is 2.00. The molecule has 24 heavy (non-hydrogen) atoms. The standard InChI is InChI=1S/C19H17N3O2/c20-13-15-6-8-16(9-7-15)19(24)22-11-10-21-18(23)17(22)12-14-4-2-1-3-5-14/h1-9,17H,10-12H2,(H,21,23)/t17-/m1/s1. The number of carbonyl (C=O) groups excluding carboxylic acids is 2. The average Bonchev–Trinajstić information content (AvgIpc) is 2.64. The van der Waals surface area contributed by atoms with Crippen molar-refractivity contribution >= 4 is 11.8 Å². The summed E-state index contributed by atoms with van der Waals surface area (Å²) in [5.74, 6) is -0.317. The minimum atomic E-state index is -0.524. The summed E-state index contributed by atoms with van der Waals surface area (Å²) < 4.78 is 0. The predicted octanol–water partition coefficient (Wildman–Crippen LogP) is 1.74. The summed E-state index contributed by atoms with van der Waals surface area (Å²) in [6.45, 7) is 0.925. The number of carbonyl (C=O) groups is 2. The Balaban J connectivity index is 1.83. The summed E-state index contributed by atoms with van der Waals surface area (Å²) >= 11 is 0. The molecule has 1 saturated heterocycles. The first-order valence-electron chi connectivity index (χ1n) is 7.82. The molecule has 2 amide bonds. The van der Waals surface area contributed by atoms with Gasteiger partial charge in [0.15, 0.2) is 0 Å². The van der Waals surface area contributed by atoms with Gasteiger partial charge in [0.1, 0.15) is 6.04 Å². The Morgan fingerprint density at radius 1 is 1.17 bits per heavy atom. The molecule has 5 nitrogen and oxygen atoms in total. The van der Waals surface area contributed by atoms with Crippen LogP contribution in [0.25, 0.3) is 0 Å². The van der Waals surface area contributed by atoms with Crippen molar-refractivity contribution in [2.24, 2.45) is 0 Å². The van der Waals surface area contributed by atoms with Crippen LogP contribution in [0.15, 0.2) is 54.6 Å². The highest BCUT2D eigenvalue weighted by Gasteiger charge is 2.33. The van der Waals surface area contributed by atoms with E-state index in [1.54, 1.807) is 29.2 Å². The number of piperazine rings is 1. The lowest BCUT2D eigenvalue weighted by atomic mass is 10.0. The molecule has 0 aliphatic carbocycles. The van der Waals surface area contributed by atoms with Gasteiger partial charge in [0.05, 0.1) is 11.6 Å². The SMILES string of the molecule is N#Cc1ccc(C(=O)N2CCNC(=O)[C@H]2Cc2ccccc2)cc1. The van der Waals surface area contributed by atoms with Crippen LogP contribution in [0, 0.1) is 11.3 Å². The highest BCUT2D eigenvalue weighted by Crippen LogP contribution is 2.16. The van der Waals surface area contributed by atoms with E-state index in [1.165, 1.54) is 0 Å². The van der Waals surface area contributed by atoms with E-state index in [-0.39, 0.29) is 11.8 Å². The van der Waals surface area contributed by atoms with Crippen LogP contribution in [0.5, 0.6) is 0 Å². The molecule has 0 bridgehead atoms. The number of benzene rings is 2. The van der Waals surface area contributed by atoms with Gasteiger partial charge in [-0.05, 0) is 29.8 Å². The Kier molecular flexibility index (Phi) is 4.57. The van der Waals surface area contributed by atoms with Crippen LogP contribution in [0.1, 0.15) is 21.5 Å². The fraction of sp³-hybridized carbons (Fsp3) is 0.211. The van der Waals surface area contributed by atoms with Crippen LogP contribution < -0.4 is 5.32 Å². The summed E-state index contributed by atoms with van der Waals surface area (Å²) in [6.07, 6.45) is 0.481. The summed E-state index contributed by atoms with van der Waals surface area (Å²) in [4.78, 5) is 26.7. The molecule has 3 rings (SSSR count). The third-order valence-corrected chi connectivity index (χ3v) is 4.12. The van der Waals surface area contributed by atoms with Crippen LogP contribution in [0.4, 0.5) is 0 Å². The van der Waals surface area contributed by atoms with Gasteiger partial charge in [0.25, 0.3) is 5.91 Å². The number of nitriles is 1. The van der Waals surface area contributed by atoms with Crippen LogP contribution in [-0.2, 0) is 11.2 Å². The predicted molar refractivity (Wildman–Crippen MR) is 89.1 cm³/mol. The average molecular weight is 319 g/mol. The molecule has 1 aliphatic rings. The Morgan fingerprint density at radius 2 is 1.88 bits per heavy atom. The molecule has 2 aromatic carbocycles. The van der Waals surface area contributed by atoms with Gasteiger partial charge in [-0.15, -0.1) is 0 Å². The number of nitrogens with one attached hydrogen (secondary N) is 1. The molecule has 2 aromatic rings. The van der Waals surface area contributed by atoms with E-state index < -0.39 is 6.04 Å². The number of hydrogen-bond acceptors (Lipinski definition) is 3. The minimum absolute atomic E-state index is 0.132. The largest absolute Gasteiger partial charge is 0.353 e. The third kappa shape index (κ3) is 3.28. The molecule has 0 saturated carbocycles. The van der Waals surface area contributed by atoms with Crippen LogP contribution in [0.3, 0.4) is 0 Å². The number of amides is 2. The van der Waals surface area contributed by atoms with Gasteiger partial charge in [0.2, 0.25) is 5.91 Å². The van der Waals surface area contributed by atoms with Crippen molar-refractivity contribution in [1.29, 1.82) is 5.26 Å². The molecule has 1 heterocycles. The van der Waals surface area contributed by atoms with E-state index in [0.717, 1.165) is 5.56 Å². The van der Waals surface area contributed by atoms with Crippen molar-refractivity contribution < 1.29 is 9.59 Å². The fourth-order valence-electron chi connectivity index (χ4n) is 2.85. The van der Waals surface area contributed by atoms with Gasteiger partial charge in [-0.3, -0.25) is 9.59 Å². The second kappa shape index (κ2) is 6.97. The van der Waals surface area contributed by atoms with Crippen molar-refractivity contribution in [3.8, 4) is 6.07 Å². The van der Waals surface area contributed by atoms with Crippen molar-refractivity contribution in [3.05, 3.63) is 71.3 Å². The van der Waals surface area contributed by atoms with Gasteiger partial charge in [-0.25, -0.2) is 0 Å². The highest BCUT2D eigenvalue weighted by atomic mass is 16.2. The van der Waals surface area contributed by atoms with E-state index in [2.05, 4.69) is 5.32 Å². The van der Waals surface area contributed by atoms with Crippen LogP contribution >= 0.6 is 0 Å². The van der Waals surface area contributed by atoms with Gasteiger partial charge in [-0.2, -0.15) is 5.26 Å². The normalized spacial score (nSPS) is 17.0. The number of hydrogen-bond donors (Lipinski definition) is 1. The minimum Gasteiger partial charge on any atom is -0.353 e. The molecule has 1 N–H and O–H groups in total. The second-order valence-electron chi connectivity index (χ2n) is 5.68. The molecule has 1 atom stereocenters. The summed E-state index contributed by atoms with van der Waals surface area (Å²) in [7, 11) is 0. The lowest BCUT2D eigenvalue weighted by Crippen LogP contribution is -2.58. The maximum atomic E-state index is 12.8. The zero-order valence-electron chi connectivity index (χ0n) is 13.1. The molecule has 5 heteroatoms. The fourth-order valence-corrected chi connectivity index (χ4v) is 2.85. The van der Waals surface area contributed by atoms with E-state index in [1.807, 2.05) is 36.4 Å². The van der Waals surface area contributed by atoms with Crippen LogP contribution in [-0.4, -0.2) is 35.8 Å². The zero-order chi connectivity index (χ0) is 16.9. The monoisotopic (exact) mass is 319 g/mol. The maximum absolute atomic E-state index is 12.8. The first kappa shape index (κ1) is 15.8. The van der Waals surface area contributed by atoms with Gasteiger partial charge in [-0.1, -0.05) is 30.3 Å². The van der Waals surface area contributed by atoms with Crippen molar-refractivity contribution in [2.75, 3.05) is 13.1 Å². The first-order valence-corrected chi connectivity index (χ1v) is 7.82. The summed E-state index contributed by atoms with van der Waals surface area (Å²) in [5, 5.41) is 11.7. The maximum Gasteiger partial charge on any atom is 0.254 e. The van der Waals surface area contributed by atoms with Crippen LogP contribution in [0.2, 0.25) is 0 Å². The second-order valence-corrected chi connectivity index (χ2v) is 5.68. The Morgan fingerprint density at radius 3 is 2.54 bits per heavy atom. The third-order valence-electron chi connectivity index (χ3n) is 4.12. The van der Waals surface area contributed by atoms with Crippen molar-refractivity contribution in [2.45, 2.75) is 12.5 Å². The molecule has 0 aromatic heterocycles. The van der Waals surface area contributed by atoms with Gasteiger partial charge in [0, 0.05) is 25.1 Å². The van der Waals surface area contributed by atoms with E-state index >= 15 is 0 Å². The lowest BCUT2D eigenvalue weighted by Gasteiger charge is -2.35. The molecule has 1 fully saturated rings. The molecule has 120 valence electrons. The Hall–Kier alpha value is -3.13. The molecule has 0 radical (unpaired) electrons. The number of nitrogens with zero attached hydrogens (tertiary/aromatic N) is 2. The smallest absolute Gasteiger partial charge is 0.254 e. The molecule has 0 unspecified atom stereocenters. The Labute approximate surface area is 140 Å². The molecular weight excluding hydrogens is 302 g/mol. The molecule has 0 spiro atoms. The van der Waals surface area contributed by atoms with Crippen molar-refractivity contribution in [1.82, 2.24) is 10.2 Å². The first-order chi connectivity index (χ1) is 11.7. The van der Waals surface area contributed by atoms with E-state index in [0.29, 0.717) is 30.6 Å². The van der Waals surface area contributed by atoms with E-state index in [4.69, 9.17) is 5.26 Å². The van der Waals surface area contributed by atoms with Gasteiger partial charge >= 0.3 is 0 Å². The molecule has 1 aliphatic heterocycles. The number of rotatable bonds is 3.